The maximum absolute atomic E-state index is 8.90. The zero-order valence-electron chi connectivity index (χ0n) is 7.40. The number of aliphatic hydroxyl groups excluding tert-OH is 1. The first-order valence-electron chi connectivity index (χ1n) is 4.53. The van der Waals surface area contributed by atoms with Gasteiger partial charge in [0.2, 0.25) is 0 Å². The maximum atomic E-state index is 8.90. The van der Waals surface area contributed by atoms with Crippen molar-refractivity contribution >= 4 is 11.3 Å². The fraction of sp³-hybridized carbons (Fsp3) is 0.667. The van der Waals surface area contributed by atoms with Crippen LogP contribution in [0.4, 0.5) is 0 Å². The summed E-state index contributed by atoms with van der Waals surface area (Å²) >= 11 is 1.62. The summed E-state index contributed by atoms with van der Waals surface area (Å²) in [5.41, 5.74) is 0. The van der Waals surface area contributed by atoms with Gasteiger partial charge in [-0.1, -0.05) is 0 Å². The molecular formula is C9H13NO2S. The lowest BCUT2D eigenvalue weighted by atomic mass is 10.0. The van der Waals surface area contributed by atoms with Gasteiger partial charge in [0.25, 0.3) is 0 Å². The van der Waals surface area contributed by atoms with Crippen molar-refractivity contribution in [2.75, 3.05) is 13.2 Å². The van der Waals surface area contributed by atoms with Gasteiger partial charge in [-0.05, 0) is 12.8 Å². The molecule has 0 bridgehead atoms. The number of aliphatic hydroxyl groups is 1. The van der Waals surface area contributed by atoms with E-state index in [2.05, 4.69) is 4.98 Å². The lowest BCUT2D eigenvalue weighted by molar-refractivity contribution is 0.0853. The number of rotatable bonds is 2. The van der Waals surface area contributed by atoms with Crippen molar-refractivity contribution in [3.63, 3.8) is 0 Å². The third kappa shape index (κ3) is 2.07. The number of ether oxygens (including phenoxy) is 1. The standard InChI is InChI=1S/C9H13NO2S/c11-6-8-5-10-9(13-8)7-1-3-12-4-2-7/h5,7,11H,1-4,6H2. The molecule has 1 saturated heterocycles. The van der Waals surface area contributed by atoms with Crippen LogP contribution < -0.4 is 0 Å². The van der Waals surface area contributed by atoms with Crippen LogP contribution in [0.15, 0.2) is 6.20 Å². The largest absolute Gasteiger partial charge is 0.391 e. The highest BCUT2D eigenvalue weighted by Gasteiger charge is 2.18. The van der Waals surface area contributed by atoms with Crippen LogP contribution >= 0.6 is 11.3 Å². The molecule has 0 saturated carbocycles. The second-order valence-electron chi connectivity index (χ2n) is 3.21. The molecule has 0 amide bonds. The Kier molecular flexibility index (Phi) is 2.93. The molecule has 72 valence electrons. The monoisotopic (exact) mass is 199 g/mol. The Morgan fingerprint density at radius 2 is 2.31 bits per heavy atom. The van der Waals surface area contributed by atoms with Crippen LogP contribution in [0.2, 0.25) is 0 Å². The third-order valence-corrected chi connectivity index (χ3v) is 3.44. The number of aromatic nitrogens is 1. The minimum atomic E-state index is 0.112. The first kappa shape index (κ1) is 9.12. The molecule has 0 unspecified atom stereocenters. The van der Waals surface area contributed by atoms with Crippen molar-refractivity contribution in [2.45, 2.75) is 25.4 Å². The topological polar surface area (TPSA) is 42.4 Å². The van der Waals surface area contributed by atoms with Crippen molar-refractivity contribution in [3.05, 3.63) is 16.1 Å². The van der Waals surface area contributed by atoms with Gasteiger partial charge in [-0.3, -0.25) is 0 Å². The quantitative estimate of drug-likeness (QED) is 0.785. The Labute approximate surface area is 81.4 Å². The molecule has 1 fully saturated rings. The lowest BCUT2D eigenvalue weighted by Gasteiger charge is -2.19. The van der Waals surface area contributed by atoms with E-state index in [0.717, 1.165) is 35.9 Å². The lowest BCUT2D eigenvalue weighted by Crippen LogP contribution is -2.13. The van der Waals surface area contributed by atoms with E-state index >= 15 is 0 Å². The Morgan fingerprint density at radius 3 is 2.92 bits per heavy atom. The zero-order valence-corrected chi connectivity index (χ0v) is 8.22. The van der Waals surface area contributed by atoms with E-state index in [0.29, 0.717) is 5.92 Å². The average molecular weight is 199 g/mol. The molecule has 0 atom stereocenters. The predicted octanol–water partition coefficient (Wildman–Crippen LogP) is 1.53. The van der Waals surface area contributed by atoms with E-state index in [1.54, 1.807) is 17.5 Å². The van der Waals surface area contributed by atoms with Gasteiger partial charge in [-0.15, -0.1) is 11.3 Å². The first-order chi connectivity index (χ1) is 6.40. The molecule has 1 N–H and O–H groups in total. The van der Waals surface area contributed by atoms with Gasteiger partial charge in [0, 0.05) is 25.3 Å². The molecule has 1 aliphatic rings. The SMILES string of the molecule is OCc1cnc(C2CCOCC2)s1. The summed E-state index contributed by atoms with van der Waals surface area (Å²) in [4.78, 5) is 5.27. The maximum Gasteiger partial charge on any atom is 0.0961 e. The number of hydrogen-bond donors (Lipinski definition) is 1. The minimum Gasteiger partial charge on any atom is -0.391 e. The van der Waals surface area contributed by atoms with Crippen molar-refractivity contribution in [2.24, 2.45) is 0 Å². The molecule has 1 aromatic rings. The minimum absolute atomic E-state index is 0.112. The smallest absolute Gasteiger partial charge is 0.0961 e. The van der Waals surface area contributed by atoms with Crippen molar-refractivity contribution in [3.8, 4) is 0 Å². The normalized spacial score (nSPS) is 19.2. The molecule has 2 heterocycles. The van der Waals surface area contributed by atoms with E-state index in [-0.39, 0.29) is 6.61 Å². The van der Waals surface area contributed by atoms with Gasteiger partial charge in [0.1, 0.15) is 0 Å². The third-order valence-electron chi connectivity index (χ3n) is 2.30. The second-order valence-corrected chi connectivity index (χ2v) is 4.36. The molecule has 0 aromatic carbocycles. The van der Waals surface area contributed by atoms with Gasteiger partial charge in [0.05, 0.1) is 16.5 Å². The summed E-state index contributed by atoms with van der Waals surface area (Å²) < 4.78 is 5.28. The molecule has 3 nitrogen and oxygen atoms in total. The molecule has 0 spiro atoms. The Balaban J connectivity index is 2.05. The summed E-state index contributed by atoms with van der Waals surface area (Å²) in [5.74, 6) is 0.555. The summed E-state index contributed by atoms with van der Waals surface area (Å²) in [6.45, 7) is 1.80. The molecule has 1 aromatic heterocycles. The van der Waals surface area contributed by atoms with Crippen LogP contribution in [0.3, 0.4) is 0 Å². The Bertz CT molecular complexity index is 268. The van der Waals surface area contributed by atoms with Crippen molar-refractivity contribution in [1.82, 2.24) is 4.98 Å². The van der Waals surface area contributed by atoms with Crippen molar-refractivity contribution in [1.29, 1.82) is 0 Å². The second kappa shape index (κ2) is 4.17. The Morgan fingerprint density at radius 1 is 1.54 bits per heavy atom. The fourth-order valence-electron chi connectivity index (χ4n) is 1.53. The van der Waals surface area contributed by atoms with Crippen LogP contribution in [0, 0.1) is 0 Å². The van der Waals surface area contributed by atoms with Crippen LogP contribution in [-0.2, 0) is 11.3 Å². The van der Waals surface area contributed by atoms with Gasteiger partial charge < -0.3 is 9.84 Å². The highest BCUT2D eigenvalue weighted by molar-refractivity contribution is 7.11. The Hall–Kier alpha value is -0.450. The zero-order chi connectivity index (χ0) is 9.10. The fourth-order valence-corrected chi connectivity index (χ4v) is 2.48. The van der Waals surface area contributed by atoms with E-state index in [4.69, 9.17) is 9.84 Å². The molecule has 2 rings (SSSR count). The summed E-state index contributed by atoms with van der Waals surface area (Å²) in [6.07, 6.45) is 3.91. The molecule has 0 aliphatic carbocycles. The molecule has 13 heavy (non-hydrogen) atoms. The summed E-state index contributed by atoms with van der Waals surface area (Å²) in [5, 5.41) is 10.1. The number of nitrogens with zero attached hydrogens (tertiary/aromatic N) is 1. The first-order valence-corrected chi connectivity index (χ1v) is 5.35. The van der Waals surface area contributed by atoms with Crippen molar-refractivity contribution < 1.29 is 9.84 Å². The highest BCUT2D eigenvalue weighted by Crippen LogP contribution is 2.29. The number of thiazole rings is 1. The van der Waals surface area contributed by atoms with E-state index in [1.165, 1.54) is 0 Å². The van der Waals surface area contributed by atoms with Crippen LogP contribution in [0.25, 0.3) is 0 Å². The van der Waals surface area contributed by atoms with Gasteiger partial charge in [0.15, 0.2) is 0 Å². The molecular weight excluding hydrogens is 186 g/mol. The van der Waals surface area contributed by atoms with Crippen LogP contribution in [0.1, 0.15) is 28.6 Å². The van der Waals surface area contributed by atoms with Gasteiger partial charge >= 0.3 is 0 Å². The number of hydrogen-bond acceptors (Lipinski definition) is 4. The summed E-state index contributed by atoms with van der Waals surface area (Å²) in [7, 11) is 0. The summed E-state index contributed by atoms with van der Waals surface area (Å²) in [6, 6.07) is 0. The van der Waals surface area contributed by atoms with Crippen LogP contribution in [0.5, 0.6) is 0 Å². The predicted molar refractivity (Wildman–Crippen MR) is 50.8 cm³/mol. The van der Waals surface area contributed by atoms with E-state index in [1.807, 2.05) is 0 Å². The molecule has 4 heteroatoms. The van der Waals surface area contributed by atoms with E-state index < -0.39 is 0 Å². The van der Waals surface area contributed by atoms with Gasteiger partial charge in [-0.25, -0.2) is 4.98 Å². The van der Waals surface area contributed by atoms with Gasteiger partial charge in [-0.2, -0.15) is 0 Å². The van der Waals surface area contributed by atoms with Crippen LogP contribution in [-0.4, -0.2) is 23.3 Å². The highest BCUT2D eigenvalue weighted by atomic mass is 32.1. The molecule has 0 radical (unpaired) electrons. The van der Waals surface area contributed by atoms with E-state index in [9.17, 15) is 0 Å². The molecule has 1 aliphatic heterocycles. The average Bonchev–Trinajstić information content (AvgIpc) is 2.67.